The van der Waals surface area contributed by atoms with Gasteiger partial charge in [-0.1, -0.05) is 19.9 Å². The van der Waals surface area contributed by atoms with E-state index in [1.165, 1.54) is 32.4 Å². The molecule has 1 aliphatic carbocycles. The second-order valence-corrected chi connectivity index (χ2v) is 5.44. The molecule has 1 aliphatic rings. The molecule has 0 unspecified atom stereocenters. The molecule has 0 radical (unpaired) electrons. The summed E-state index contributed by atoms with van der Waals surface area (Å²) in [7, 11) is 0. The fourth-order valence-electron chi connectivity index (χ4n) is 2.41. The average molecular weight is 223 g/mol. The largest absolute Gasteiger partial charge is 0.300 e. The lowest BCUT2D eigenvalue weighted by atomic mass is 10.3. The van der Waals surface area contributed by atoms with Crippen molar-refractivity contribution < 1.29 is 0 Å². The van der Waals surface area contributed by atoms with E-state index < -0.39 is 0 Å². The molecule has 1 aromatic rings. The standard InChI is InChI=1S/C13H21NS/c1-3-7-14(8-4-2)12-10-11(12)13-6-5-9-15-13/h5-6,9,11-12H,3-4,7-8,10H2,1-2H3/t11-,12-/m0/s1. The molecule has 1 nitrogen and oxygen atoms in total. The Kier molecular flexibility index (Phi) is 3.81. The maximum absolute atomic E-state index is 2.68. The molecule has 0 N–H and O–H groups in total. The average Bonchev–Trinajstić information content (AvgIpc) is 2.84. The van der Waals surface area contributed by atoms with Crippen LogP contribution in [-0.2, 0) is 0 Å². The summed E-state index contributed by atoms with van der Waals surface area (Å²) in [5, 5.41) is 2.20. The van der Waals surface area contributed by atoms with Gasteiger partial charge >= 0.3 is 0 Å². The van der Waals surface area contributed by atoms with E-state index in [9.17, 15) is 0 Å². The topological polar surface area (TPSA) is 3.24 Å². The van der Waals surface area contributed by atoms with E-state index in [1.807, 2.05) is 11.3 Å². The molecule has 0 spiro atoms. The molecule has 15 heavy (non-hydrogen) atoms. The Labute approximate surface area is 97.1 Å². The summed E-state index contributed by atoms with van der Waals surface area (Å²) in [6, 6.07) is 5.33. The molecule has 1 aromatic heterocycles. The Balaban J connectivity index is 1.90. The molecule has 0 aromatic carbocycles. The highest BCUT2D eigenvalue weighted by molar-refractivity contribution is 7.10. The first-order valence-electron chi connectivity index (χ1n) is 6.14. The van der Waals surface area contributed by atoms with Gasteiger partial charge in [0.25, 0.3) is 0 Å². The lowest BCUT2D eigenvalue weighted by Gasteiger charge is -2.21. The van der Waals surface area contributed by atoms with Crippen LogP contribution in [0.1, 0.15) is 43.9 Å². The van der Waals surface area contributed by atoms with Crippen molar-refractivity contribution in [1.82, 2.24) is 4.90 Å². The lowest BCUT2D eigenvalue weighted by molar-refractivity contribution is 0.260. The SMILES string of the molecule is CCCN(CCC)[C@H]1C[C@@H]1c1cccs1. The first-order valence-corrected chi connectivity index (χ1v) is 7.02. The smallest absolute Gasteiger partial charge is 0.0179 e. The maximum atomic E-state index is 2.68. The molecule has 0 saturated heterocycles. The van der Waals surface area contributed by atoms with Crippen LogP contribution in [0.2, 0.25) is 0 Å². The summed E-state index contributed by atoms with van der Waals surface area (Å²) in [5.41, 5.74) is 0. The van der Waals surface area contributed by atoms with Crippen LogP contribution in [0.4, 0.5) is 0 Å². The van der Waals surface area contributed by atoms with Crippen molar-refractivity contribution in [2.24, 2.45) is 0 Å². The van der Waals surface area contributed by atoms with Crippen LogP contribution in [0.25, 0.3) is 0 Å². The van der Waals surface area contributed by atoms with Crippen molar-refractivity contribution in [2.45, 2.75) is 45.1 Å². The summed E-state index contributed by atoms with van der Waals surface area (Å²) in [6.07, 6.45) is 3.96. The highest BCUT2D eigenvalue weighted by atomic mass is 32.1. The van der Waals surface area contributed by atoms with Crippen molar-refractivity contribution in [1.29, 1.82) is 0 Å². The Morgan fingerprint density at radius 3 is 2.60 bits per heavy atom. The Morgan fingerprint density at radius 2 is 2.07 bits per heavy atom. The third kappa shape index (κ3) is 2.61. The first kappa shape index (κ1) is 11.2. The highest BCUT2D eigenvalue weighted by Gasteiger charge is 2.42. The van der Waals surface area contributed by atoms with E-state index in [0.29, 0.717) is 0 Å². The van der Waals surface area contributed by atoms with Gasteiger partial charge in [0, 0.05) is 16.8 Å². The number of thiophene rings is 1. The van der Waals surface area contributed by atoms with Crippen molar-refractivity contribution >= 4 is 11.3 Å². The molecule has 0 amide bonds. The molecule has 0 bridgehead atoms. The summed E-state index contributed by atoms with van der Waals surface area (Å²) >= 11 is 1.92. The molecular weight excluding hydrogens is 202 g/mol. The van der Waals surface area contributed by atoms with Crippen LogP contribution in [-0.4, -0.2) is 24.0 Å². The minimum atomic E-state index is 0.850. The second kappa shape index (κ2) is 5.13. The molecule has 2 atom stereocenters. The van der Waals surface area contributed by atoms with Gasteiger partial charge in [-0.3, -0.25) is 4.90 Å². The summed E-state index contributed by atoms with van der Waals surface area (Å²) < 4.78 is 0. The zero-order chi connectivity index (χ0) is 10.7. The Bertz CT molecular complexity index is 275. The predicted octanol–water partition coefficient (Wildman–Crippen LogP) is 3.73. The van der Waals surface area contributed by atoms with Gasteiger partial charge in [0.05, 0.1) is 0 Å². The van der Waals surface area contributed by atoms with Gasteiger partial charge in [0.2, 0.25) is 0 Å². The second-order valence-electron chi connectivity index (χ2n) is 4.46. The van der Waals surface area contributed by atoms with Crippen molar-refractivity contribution in [2.75, 3.05) is 13.1 Å². The first-order chi connectivity index (χ1) is 7.36. The quantitative estimate of drug-likeness (QED) is 0.710. The van der Waals surface area contributed by atoms with Crippen LogP contribution < -0.4 is 0 Å². The normalized spacial score (nSPS) is 24.7. The Morgan fingerprint density at radius 1 is 1.33 bits per heavy atom. The fourth-order valence-corrected chi connectivity index (χ4v) is 3.31. The molecule has 0 aliphatic heterocycles. The maximum Gasteiger partial charge on any atom is 0.0179 e. The number of hydrogen-bond donors (Lipinski definition) is 0. The molecule has 2 heteroatoms. The molecule has 1 saturated carbocycles. The monoisotopic (exact) mass is 223 g/mol. The molecule has 1 fully saturated rings. The lowest BCUT2D eigenvalue weighted by Crippen LogP contribution is -2.28. The summed E-state index contributed by atoms with van der Waals surface area (Å²) in [5.74, 6) is 0.850. The third-order valence-corrected chi connectivity index (χ3v) is 4.16. The molecule has 1 heterocycles. The van der Waals surface area contributed by atoms with E-state index >= 15 is 0 Å². The van der Waals surface area contributed by atoms with Gasteiger partial charge < -0.3 is 0 Å². The Hall–Kier alpha value is -0.340. The van der Waals surface area contributed by atoms with E-state index in [-0.39, 0.29) is 0 Å². The van der Waals surface area contributed by atoms with E-state index in [2.05, 4.69) is 36.3 Å². The summed E-state index contributed by atoms with van der Waals surface area (Å²) in [4.78, 5) is 4.28. The van der Waals surface area contributed by atoms with E-state index in [1.54, 1.807) is 4.88 Å². The van der Waals surface area contributed by atoms with Crippen molar-refractivity contribution in [3.63, 3.8) is 0 Å². The van der Waals surface area contributed by atoms with Crippen molar-refractivity contribution in [3.8, 4) is 0 Å². The van der Waals surface area contributed by atoms with E-state index in [0.717, 1.165) is 12.0 Å². The zero-order valence-corrected chi connectivity index (χ0v) is 10.6. The van der Waals surface area contributed by atoms with Crippen LogP contribution in [0.5, 0.6) is 0 Å². The molecular formula is C13H21NS. The molecule has 2 rings (SSSR count). The third-order valence-electron chi connectivity index (χ3n) is 3.16. The fraction of sp³-hybridized carbons (Fsp3) is 0.692. The van der Waals surface area contributed by atoms with Crippen LogP contribution >= 0.6 is 11.3 Å². The van der Waals surface area contributed by atoms with Crippen LogP contribution in [0.15, 0.2) is 17.5 Å². The van der Waals surface area contributed by atoms with E-state index in [4.69, 9.17) is 0 Å². The van der Waals surface area contributed by atoms with Gasteiger partial charge in [-0.2, -0.15) is 0 Å². The van der Waals surface area contributed by atoms with Crippen LogP contribution in [0.3, 0.4) is 0 Å². The number of hydrogen-bond acceptors (Lipinski definition) is 2. The van der Waals surface area contributed by atoms with Gasteiger partial charge in [0.15, 0.2) is 0 Å². The van der Waals surface area contributed by atoms with Crippen LogP contribution in [0, 0.1) is 0 Å². The van der Waals surface area contributed by atoms with Gasteiger partial charge in [0.1, 0.15) is 0 Å². The van der Waals surface area contributed by atoms with Crippen molar-refractivity contribution in [3.05, 3.63) is 22.4 Å². The number of nitrogens with zero attached hydrogens (tertiary/aromatic N) is 1. The van der Waals surface area contributed by atoms with Gasteiger partial charge in [-0.05, 0) is 43.8 Å². The highest BCUT2D eigenvalue weighted by Crippen LogP contribution is 2.46. The predicted molar refractivity (Wildman–Crippen MR) is 67.6 cm³/mol. The zero-order valence-electron chi connectivity index (χ0n) is 9.78. The number of rotatable bonds is 6. The van der Waals surface area contributed by atoms with Gasteiger partial charge in [-0.15, -0.1) is 11.3 Å². The van der Waals surface area contributed by atoms with Gasteiger partial charge in [-0.25, -0.2) is 0 Å². The minimum absolute atomic E-state index is 0.850. The molecule has 84 valence electrons. The minimum Gasteiger partial charge on any atom is -0.300 e. The summed E-state index contributed by atoms with van der Waals surface area (Å²) in [6.45, 7) is 7.12.